The van der Waals surface area contributed by atoms with Gasteiger partial charge in [0.1, 0.15) is 5.75 Å². The molecule has 0 saturated heterocycles. The first-order valence-electron chi connectivity index (χ1n) is 6.03. The molecular formula is C15H12BrClINO2. The Morgan fingerprint density at radius 2 is 2.05 bits per heavy atom. The van der Waals surface area contributed by atoms with Gasteiger partial charge in [-0.2, -0.15) is 0 Å². The Morgan fingerprint density at radius 3 is 2.71 bits per heavy atom. The van der Waals surface area contributed by atoms with Crippen molar-refractivity contribution >= 4 is 61.7 Å². The van der Waals surface area contributed by atoms with Crippen LogP contribution in [-0.2, 0) is 0 Å². The Morgan fingerprint density at radius 1 is 1.33 bits per heavy atom. The highest BCUT2D eigenvalue weighted by atomic mass is 127. The van der Waals surface area contributed by atoms with Crippen molar-refractivity contribution in [3.05, 3.63) is 54.5 Å². The van der Waals surface area contributed by atoms with E-state index in [1.807, 2.05) is 25.1 Å². The van der Waals surface area contributed by atoms with Crippen LogP contribution in [0.15, 0.2) is 34.8 Å². The summed E-state index contributed by atoms with van der Waals surface area (Å²) in [4.78, 5) is 12.5. The lowest BCUT2D eigenvalue weighted by atomic mass is 10.1. The van der Waals surface area contributed by atoms with Crippen LogP contribution in [0.1, 0.15) is 15.9 Å². The van der Waals surface area contributed by atoms with Crippen LogP contribution in [0.2, 0.25) is 5.02 Å². The number of nitrogens with one attached hydrogen (secondary N) is 1. The second kappa shape index (κ2) is 6.98. The molecule has 0 radical (unpaired) electrons. The molecule has 3 nitrogen and oxygen atoms in total. The van der Waals surface area contributed by atoms with Gasteiger partial charge in [0.15, 0.2) is 0 Å². The first-order valence-corrected chi connectivity index (χ1v) is 8.28. The number of amides is 1. The van der Waals surface area contributed by atoms with Gasteiger partial charge in [0, 0.05) is 13.1 Å². The zero-order chi connectivity index (χ0) is 15.6. The highest BCUT2D eigenvalue weighted by Gasteiger charge is 2.15. The van der Waals surface area contributed by atoms with Crippen LogP contribution in [0.4, 0.5) is 5.69 Å². The third-order valence-corrected chi connectivity index (χ3v) is 4.53. The number of hydrogen-bond acceptors (Lipinski definition) is 2. The van der Waals surface area contributed by atoms with Crippen molar-refractivity contribution < 1.29 is 9.53 Å². The second-order valence-electron chi connectivity index (χ2n) is 4.38. The second-order valence-corrected chi connectivity index (χ2v) is 6.89. The molecule has 1 amide bonds. The minimum absolute atomic E-state index is 0.217. The predicted octanol–water partition coefficient (Wildman–Crippen LogP) is 5.28. The maximum atomic E-state index is 12.5. The van der Waals surface area contributed by atoms with Gasteiger partial charge in [0.05, 0.1) is 18.4 Å². The fraction of sp³-hybridized carbons (Fsp3) is 0.133. The van der Waals surface area contributed by atoms with E-state index in [1.165, 1.54) is 0 Å². The molecule has 0 aromatic heterocycles. The number of methoxy groups -OCH3 is 1. The van der Waals surface area contributed by atoms with Crippen molar-refractivity contribution in [3.8, 4) is 5.75 Å². The van der Waals surface area contributed by atoms with Gasteiger partial charge in [-0.1, -0.05) is 27.5 Å². The largest absolute Gasteiger partial charge is 0.495 e. The smallest absolute Gasteiger partial charge is 0.256 e. The highest BCUT2D eigenvalue weighted by Crippen LogP contribution is 2.32. The standard InChI is InChI=1S/C15H12BrClINO2/c1-8-5-9(16)6-13(21-2)14(8)19-15(20)11-7-10(17)3-4-12(11)18/h3-7H,1-2H3,(H,19,20). The lowest BCUT2D eigenvalue weighted by Crippen LogP contribution is -2.15. The Bertz CT molecular complexity index is 706. The monoisotopic (exact) mass is 479 g/mol. The molecule has 6 heteroatoms. The quantitative estimate of drug-likeness (QED) is 0.608. The summed E-state index contributed by atoms with van der Waals surface area (Å²) in [5.74, 6) is 0.387. The fourth-order valence-electron chi connectivity index (χ4n) is 1.89. The van der Waals surface area contributed by atoms with Gasteiger partial charge in [-0.3, -0.25) is 4.79 Å². The van der Waals surface area contributed by atoms with Crippen molar-refractivity contribution in [1.82, 2.24) is 0 Å². The first-order chi connectivity index (χ1) is 9.92. The van der Waals surface area contributed by atoms with Crippen molar-refractivity contribution in [2.75, 3.05) is 12.4 Å². The minimum Gasteiger partial charge on any atom is -0.495 e. The van der Waals surface area contributed by atoms with E-state index in [4.69, 9.17) is 16.3 Å². The first kappa shape index (κ1) is 16.6. The number of carbonyl (C=O) groups is 1. The van der Waals surface area contributed by atoms with E-state index < -0.39 is 0 Å². The van der Waals surface area contributed by atoms with Crippen LogP contribution >= 0.6 is 50.1 Å². The number of anilines is 1. The Labute approximate surface area is 150 Å². The number of carbonyl (C=O) groups excluding carboxylic acids is 1. The van der Waals surface area contributed by atoms with Gasteiger partial charge in [-0.25, -0.2) is 0 Å². The lowest BCUT2D eigenvalue weighted by Gasteiger charge is -2.14. The number of rotatable bonds is 3. The van der Waals surface area contributed by atoms with Crippen LogP contribution in [0.3, 0.4) is 0 Å². The molecule has 2 rings (SSSR count). The van der Waals surface area contributed by atoms with Crippen LogP contribution in [0.25, 0.3) is 0 Å². The van der Waals surface area contributed by atoms with E-state index >= 15 is 0 Å². The van der Waals surface area contributed by atoms with E-state index in [0.717, 1.165) is 13.6 Å². The Kier molecular flexibility index (Phi) is 5.51. The van der Waals surface area contributed by atoms with Crippen molar-refractivity contribution in [2.24, 2.45) is 0 Å². The van der Waals surface area contributed by atoms with Gasteiger partial charge in [0.2, 0.25) is 0 Å². The number of ether oxygens (including phenoxy) is 1. The minimum atomic E-state index is -0.217. The van der Waals surface area contributed by atoms with E-state index in [2.05, 4.69) is 43.8 Å². The average molecular weight is 481 g/mol. The van der Waals surface area contributed by atoms with Crippen LogP contribution in [-0.4, -0.2) is 13.0 Å². The topological polar surface area (TPSA) is 38.3 Å². The molecule has 110 valence electrons. The van der Waals surface area contributed by atoms with E-state index in [9.17, 15) is 4.79 Å². The Balaban J connectivity index is 2.38. The number of benzene rings is 2. The van der Waals surface area contributed by atoms with Crippen molar-refractivity contribution in [2.45, 2.75) is 6.92 Å². The van der Waals surface area contributed by atoms with Gasteiger partial charge >= 0.3 is 0 Å². The normalized spacial score (nSPS) is 10.3. The summed E-state index contributed by atoms with van der Waals surface area (Å²) >= 11 is 11.5. The van der Waals surface area contributed by atoms with Crippen LogP contribution in [0.5, 0.6) is 5.75 Å². The molecule has 0 saturated carbocycles. The maximum absolute atomic E-state index is 12.5. The van der Waals surface area contributed by atoms with E-state index in [0.29, 0.717) is 22.0 Å². The molecule has 21 heavy (non-hydrogen) atoms. The van der Waals surface area contributed by atoms with Crippen LogP contribution in [0, 0.1) is 10.5 Å². The summed E-state index contributed by atoms with van der Waals surface area (Å²) in [6, 6.07) is 8.95. The Hall–Kier alpha value is -0.790. The maximum Gasteiger partial charge on any atom is 0.256 e. The molecule has 2 aromatic carbocycles. The van der Waals surface area contributed by atoms with E-state index in [1.54, 1.807) is 19.2 Å². The predicted molar refractivity (Wildman–Crippen MR) is 97.6 cm³/mol. The summed E-state index contributed by atoms with van der Waals surface area (Å²) in [5, 5.41) is 3.42. The third kappa shape index (κ3) is 3.90. The molecule has 0 aliphatic carbocycles. The van der Waals surface area contributed by atoms with Gasteiger partial charge in [-0.15, -0.1) is 0 Å². The zero-order valence-corrected chi connectivity index (χ0v) is 15.8. The van der Waals surface area contributed by atoms with Crippen molar-refractivity contribution in [1.29, 1.82) is 0 Å². The summed E-state index contributed by atoms with van der Waals surface area (Å²) in [7, 11) is 1.57. The number of aryl methyl sites for hydroxylation is 1. The summed E-state index contributed by atoms with van der Waals surface area (Å²) in [6.45, 7) is 1.91. The lowest BCUT2D eigenvalue weighted by molar-refractivity contribution is 0.102. The number of halogens is 3. The molecule has 0 unspecified atom stereocenters. The fourth-order valence-corrected chi connectivity index (χ4v) is 3.19. The van der Waals surface area contributed by atoms with Crippen LogP contribution < -0.4 is 10.1 Å². The molecule has 1 N–H and O–H groups in total. The van der Waals surface area contributed by atoms with E-state index in [-0.39, 0.29) is 5.91 Å². The van der Waals surface area contributed by atoms with Crippen molar-refractivity contribution in [3.63, 3.8) is 0 Å². The van der Waals surface area contributed by atoms with Gasteiger partial charge in [0.25, 0.3) is 5.91 Å². The third-order valence-electron chi connectivity index (χ3n) is 2.90. The molecule has 2 aromatic rings. The zero-order valence-electron chi connectivity index (χ0n) is 11.3. The molecule has 0 fully saturated rings. The van der Waals surface area contributed by atoms with Gasteiger partial charge in [-0.05, 0) is 65.4 Å². The molecule has 0 aliphatic heterocycles. The summed E-state index contributed by atoms with van der Waals surface area (Å²) in [6.07, 6.45) is 0. The summed E-state index contributed by atoms with van der Waals surface area (Å²) in [5.41, 5.74) is 2.10. The SMILES string of the molecule is COc1cc(Br)cc(C)c1NC(=O)c1cc(Cl)ccc1I. The molecule has 0 aliphatic rings. The molecule has 0 bridgehead atoms. The molecule has 0 spiro atoms. The highest BCUT2D eigenvalue weighted by molar-refractivity contribution is 14.1. The molecule has 0 heterocycles. The molecular weight excluding hydrogens is 468 g/mol. The van der Waals surface area contributed by atoms with Gasteiger partial charge < -0.3 is 10.1 Å². The average Bonchev–Trinajstić information content (AvgIpc) is 2.43. The molecule has 0 atom stereocenters. The summed E-state index contributed by atoms with van der Waals surface area (Å²) < 4.78 is 7.06. The number of hydrogen-bond donors (Lipinski definition) is 1.